The standard InChI is InChI=1S/C12H17ClN2O2/c1-2-11(16)7-8-14-12(17)15-10-5-3-9(13)4-6-10/h3-6,11,16H,2,7-8H2,1H3,(H2,14,15,17). The molecule has 0 aliphatic carbocycles. The van der Waals surface area contributed by atoms with Crippen molar-refractivity contribution in [2.24, 2.45) is 0 Å². The number of carbonyl (C=O) groups is 1. The van der Waals surface area contributed by atoms with Crippen molar-refractivity contribution in [1.82, 2.24) is 5.32 Å². The van der Waals surface area contributed by atoms with Crippen LogP contribution in [0.15, 0.2) is 24.3 Å². The maximum absolute atomic E-state index is 11.4. The molecule has 0 spiro atoms. The molecular formula is C12H17ClN2O2. The van der Waals surface area contributed by atoms with E-state index in [4.69, 9.17) is 11.6 Å². The van der Waals surface area contributed by atoms with Gasteiger partial charge in [0.1, 0.15) is 0 Å². The van der Waals surface area contributed by atoms with Crippen LogP contribution in [0.3, 0.4) is 0 Å². The van der Waals surface area contributed by atoms with Gasteiger partial charge in [-0.3, -0.25) is 0 Å². The fourth-order valence-corrected chi connectivity index (χ4v) is 1.39. The summed E-state index contributed by atoms with van der Waals surface area (Å²) in [6.45, 7) is 2.35. The van der Waals surface area contributed by atoms with Crippen LogP contribution in [0.25, 0.3) is 0 Å². The number of rotatable bonds is 5. The number of nitrogens with one attached hydrogen (secondary N) is 2. The van der Waals surface area contributed by atoms with E-state index in [1.807, 2.05) is 6.92 Å². The molecule has 0 saturated heterocycles. The van der Waals surface area contributed by atoms with Gasteiger partial charge in [-0.2, -0.15) is 0 Å². The number of anilines is 1. The van der Waals surface area contributed by atoms with Crippen molar-refractivity contribution < 1.29 is 9.90 Å². The molecule has 0 aliphatic heterocycles. The van der Waals surface area contributed by atoms with Crippen molar-refractivity contribution in [3.8, 4) is 0 Å². The monoisotopic (exact) mass is 256 g/mol. The predicted octanol–water partition coefficient (Wildman–Crippen LogP) is 2.62. The van der Waals surface area contributed by atoms with E-state index in [1.54, 1.807) is 24.3 Å². The van der Waals surface area contributed by atoms with Gasteiger partial charge in [-0.15, -0.1) is 0 Å². The Morgan fingerprint density at radius 1 is 1.41 bits per heavy atom. The molecule has 1 unspecified atom stereocenters. The van der Waals surface area contributed by atoms with Gasteiger partial charge in [-0.25, -0.2) is 4.79 Å². The van der Waals surface area contributed by atoms with Crippen molar-refractivity contribution in [2.45, 2.75) is 25.9 Å². The zero-order valence-corrected chi connectivity index (χ0v) is 10.5. The van der Waals surface area contributed by atoms with Crippen LogP contribution in [-0.2, 0) is 0 Å². The minimum absolute atomic E-state index is 0.282. The van der Waals surface area contributed by atoms with Gasteiger partial charge in [0, 0.05) is 17.3 Å². The van der Waals surface area contributed by atoms with Crippen LogP contribution in [0, 0.1) is 0 Å². The summed E-state index contributed by atoms with van der Waals surface area (Å²) in [4.78, 5) is 11.4. The number of urea groups is 1. The highest BCUT2D eigenvalue weighted by Crippen LogP contribution is 2.12. The fourth-order valence-electron chi connectivity index (χ4n) is 1.26. The fraction of sp³-hybridized carbons (Fsp3) is 0.417. The first-order chi connectivity index (χ1) is 8.11. The highest BCUT2D eigenvalue weighted by Gasteiger charge is 2.03. The Balaban J connectivity index is 2.27. The van der Waals surface area contributed by atoms with Crippen LogP contribution < -0.4 is 10.6 Å². The van der Waals surface area contributed by atoms with E-state index in [0.717, 1.165) is 0 Å². The van der Waals surface area contributed by atoms with Gasteiger partial charge in [-0.05, 0) is 37.1 Å². The highest BCUT2D eigenvalue weighted by molar-refractivity contribution is 6.30. The third kappa shape index (κ3) is 5.56. The van der Waals surface area contributed by atoms with Crippen LogP contribution in [0.2, 0.25) is 5.02 Å². The Kier molecular flexibility index (Phi) is 5.80. The normalized spacial score (nSPS) is 11.9. The number of amides is 2. The first kappa shape index (κ1) is 13.8. The number of hydrogen-bond acceptors (Lipinski definition) is 2. The largest absolute Gasteiger partial charge is 0.393 e. The van der Waals surface area contributed by atoms with E-state index in [9.17, 15) is 9.90 Å². The van der Waals surface area contributed by atoms with Crippen LogP contribution in [0.4, 0.5) is 10.5 Å². The molecule has 1 atom stereocenters. The second kappa shape index (κ2) is 7.14. The lowest BCUT2D eigenvalue weighted by Gasteiger charge is -2.10. The zero-order chi connectivity index (χ0) is 12.7. The van der Waals surface area contributed by atoms with Gasteiger partial charge in [0.15, 0.2) is 0 Å². The van der Waals surface area contributed by atoms with Gasteiger partial charge in [0.05, 0.1) is 6.10 Å². The average Bonchev–Trinajstić information content (AvgIpc) is 2.32. The molecule has 0 bridgehead atoms. The lowest BCUT2D eigenvalue weighted by molar-refractivity contribution is 0.160. The van der Waals surface area contributed by atoms with Crippen molar-refractivity contribution >= 4 is 23.3 Å². The molecule has 0 aromatic heterocycles. The Morgan fingerprint density at radius 3 is 2.65 bits per heavy atom. The SMILES string of the molecule is CCC(O)CCNC(=O)Nc1ccc(Cl)cc1. The second-order valence-electron chi connectivity index (χ2n) is 3.74. The summed E-state index contributed by atoms with van der Waals surface area (Å²) in [7, 11) is 0. The molecule has 0 fully saturated rings. The number of halogens is 1. The smallest absolute Gasteiger partial charge is 0.319 e. The first-order valence-corrected chi connectivity index (χ1v) is 5.98. The molecule has 2 amide bonds. The maximum Gasteiger partial charge on any atom is 0.319 e. The Labute approximate surface area is 106 Å². The minimum atomic E-state index is -0.356. The van der Waals surface area contributed by atoms with Crippen LogP contribution in [0.1, 0.15) is 19.8 Å². The number of benzene rings is 1. The lowest BCUT2D eigenvalue weighted by Crippen LogP contribution is -2.31. The van der Waals surface area contributed by atoms with E-state index in [0.29, 0.717) is 30.1 Å². The van der Waals surface area contributed by atoms with Crippen LogP contribution in [0.5, 0.6) is 0 Å². The molecule has 17 heavy (non-hydrogen) atoms. The number of aliphatic hydroxyl groups is 1. The van der Waals surface area contributed by atoms with Crippen molar-refractivity contribution in [1.29, 1.82) is 0 Å². The van der Waals surface area contributed by atoms with E-state index >= 15 is 0 Å². The van der Waals surface area contributed by atoms with Crippen molar-refractivity contribution in [3.05, 3.63) is 29.3 Å². The average molecular weight is 257 g/mol. The van der Waals surface area contributed by atoms with E-state index in [1.165, 1.54) is 0 Å². The number of carbonyl (C=O) groups excluding carboxylic acids is 1. The summed E-state index contributed by atoms with van der Waals surface area (Å²) < 4.78 is 0. The summed E-state index contributed by atoms with van der Waals surface area (Å²) in [6, 6.07) is 6.58. The predicted molar refractivity (Wildman–Crippen MR) is 69.4 cm³/mol. The number of hydrogen-bond donors (Lipinski definition) is 3. The molecule has 1 rings (SSSR count). The molecule has 1 aromatic rings. The van der Waals surface area contributed by atoms with Crippen LogP contribution in [-0.4, -0.2) is 23.8 Å². The molecule has 0 radical (unpaired) electrons. The highest BCUT2D eigenvalue weighted by atomic mass is 35.5. The third-order valence-corrected chi connectivity index (χ3v) is 2.59. The van der Waals surface area contributed by atoms with E-state index in [-0.39, 0.29) is 12.1 Å². The lowest BCUT2D eigenvalue weighted by atomic mass is 10.2. The minimum Gasteiger partial charge on any atom is -0.393 e. The zero-order valence-electron chi connectivity index (χ0n) is 9.74. The molecule has 1 aromatic carbocycles. The topological polar surface area (TPSA) is 61.4 Å². The number of aliphatic hydroxyl groups excluding tert-OH is 1. The van der Waals surface area contributed by atoms with Crippen LogP contribution >= 0.6 is 11.6 Å². The Hall–Kier alpha value is -1.26. The molecule has 0 saturated carbocycles. The quantitative estimate of drug-likeness (QED) is 0.758. The van der Waals surface area contributed by atoms with E-state index < -0.39 is 0 Å². The van der Waals surface area contributed by atoms with Gasteiger partial charge >= 0.3 is 6.03 Å². The summed E-state index contributed by atoms with van der Waals surface area (Å²) in [6.07, 6.45) is 0.899. The first-order valence-electron chi connectivity index (χ1n) is 5.60. The van der Waals surface area contributed by atoms with E-state index in [2.05, 4.69) is 10.6 Å². The summed E-state index contributed by atoms with van der Waals surface area (Å²) in [5, 5.41) is 15.3. The van der Waals surface area contributed by atoms with Gasteiger partial charge in [-0.1, -0.05) is 18.5 Å². The third-order valence-electron chi connectivity index (χ3n) is 2.34. The molecule has 3 N–H and O–H groups in total. The van der Waals surface area contributed by atoms with Gasteiger partial charge in [0.25, 0.3) is 0 Å². The summed E-state index contributed by atoms with van der Waals surface area (Å²) >= 11 is 5.73. The molecule has 94 valence electrons. The summed E-state index contributed by atoms with van der Waals surface area (Å²) in [5.74, 6) is 0. The second-order valence-corrected chi connectivity index (χ2v) is 4.17. The Bertz CT molecular complexity index is 354. The Morgan fingerprint density at radius 2 is 2.06 bits per heavy atom. The van der Waals surface area contributed by atoms with Gasteiger partial charge in [0.2, 0.25) is 0 Å². The molecule has 5 heteroatoms. The maximum atomic E-state index is 11.4. The van der Waals surface area contributed by atoms with Gasteiger partial charge < -0.3 is 15.7 Å². The molecule has 0 aliphatic rings. The molecule has 4 nitrogen and oxygen atoms in total. The summed E-state index contributed by atoms with van der Waals surface area (Å²) in [5.41, 5.74) is 0.683. The van der Waals surface area contributed by atoms with Crippen molar-refractivity contribution in [2.75, 3.05) is 11.9 Å². The molecular weight excluding hydrogens is 240 g/mol. The van der Waals surface area contributed by atoms with Crippen molar-refractivity contribution in [3.63, 3.8) is 0 Å². The molecule has 0 heterocycles.